The topological polar surface area (TPSA) is 29.5 Å². The maximum Gasteiger partial charge on any atom is 0.310 e. The summed E-state index contributed by atoms with van der Waals surface area (Å²) in [7, 11) is 0. The van der Waals surface area contributed by atoms with E-state index in [0.717, 1.165) is 42.7 Å². The summed E-state index contributed by atoms with van der Waals surface area (Å²) in [5, 5.41) is 0. The summed E-state index contributed by atoms with van der Waals surface area (Å²) in [6.07, 6.45) is 9.60. The SMILES string of the molecule is CCOC(=O)[C@@H]1CCCN(C2C3CC4CC(C3)CC2C4)C1. The molecule has 3 nitrogen and oxygen atoms in total. The van der Waals surface area contributed by atoms with E-state index in [2.05, 4.69) is 4.90 Å². The summed E-state index contributed by atoms with van der Waals surface area (Å²) in [4.78, 5) is 14.8. The molecule has 0 radical (unpaired) electrons. The number of nitrogens with zero attached hydrogens (tertiary/aromatic N) is 1. The second kappa shape index (κ2) is 5.57. The van der Waals surface area contributed by atoms with Crippen LogP contribution in [0.1, 0.15) is 51.9 Å². The molecule has 0 aromatic rings. The molecule has 1 heterocycles. The number of carbonyl (C=O) groups is 1. The van der Waals surface area contributed by atoms with Crippen LogP contribution >= 0.6 is 0 Å². The van der Waals surface area contributed by atoms with Crippen LogP contribution in [0.25, 0.3) is 0 Å². The second-order valence-corrected chi connectivity index (χ2v) is 8.01. The van der Waals surface area contributed by atoms with Crippen molar-refractivity contribution in [3.8, 4) is 0 Å². The van der Waals surface area contributed by atoms with Gasteiger partial charge in [-0.3, -0.25) is 9.69 Å². The second-order valence-electron chi connectivity index (χ2n) is 8.01. The molecule has 5 rings (SSSR count). The summed E-state index contributed by atoms with van der Waals surface area (Å²) in [6, 6.07) is 0.787. The first-order valence-electron chi connectivity index (χ1n) is 9.15. The quantitative estimate of drug-likeness (QED) is 0.748. The summed E-state index contributed by atoms with van der Waals surface area (Å²) in [5.74, 6) is 4.12. The number of ether oxygens (including phenoxy) is 1. The predicted octanol–water partition coefficient (Wildman–Crippen LogP) is 3.09. The third-order valence-electron chi connectivity index (χ3n) is 6.67. The Kier molecular flexibility index (Phi) is 3.72. The van der Waals surface area contributed by atoms with Crippen LogP contribution in [0, 0.1) is 29.6 Å². The van der Waals surface area contributed by atoms with Gasteiger partial charge in [-0.15, -0.1) is 0 Å². The largest absolute Gasteiger partial charge is 0.466 e. The van der Waals surface area contributed by atoms with Crippen molar-refractivity contribution < 1.29 is 9.53 Å². The Morgan fingerprint density at radius 1 is 1.10 bits per heavy atom. The lowest BCUT2D eigenvalue weighted by Crippen LogP contribution is -2.58. The van der Waals surface area contributed by atoms with E-state index in [1.54, 1.807) is 0 Å². The van der Waals surface area contributed by atoms with Crippen LogP contribution in [0.2, 0.25) is 0 Å². The van der Waals surface area contributed by atoms with Gasteiger partial charge in [-0.1, -0.05) is 0 Å². The zero-order chi connectivity index (χ0) is 14.4. The molecule has 4 bridgehead atoms. The van der Waals surface area contributed by atoms with E-state index < -0.39 is 0 Å². The van der Waals surface area contributed by atoms with Crippen LogP contribution in [0.5, 0.6) is 0 Å². The van der Waals surface area contributed by atoms with Gasteiger partial charge in [0.2, 0.25) is 0 Å². The average Bonchev–Trinajstić information content (AvgIpc) is 2.47. The minimum absolute atomic E-state index is 0.0472. The lowest BCUT2D eigenvalue weighted by atomic mass is 9.53. The molecule has 0 aromatic carbocycles. The van der Waals surface area contributed by atoms with Crippen LogP contribution in [-0.4, -0.2) is 36.6 Å². The summed E-state index contributed by atoms with van der Waals surface area (Å²) >= 11 is 0. The zero-order valence-electron chi connectivity index (χ0n) is 13.3. The Morgan fingerprint density at radius 2 is 1.76 bits per heavy atom. The zero-order valence-corrected chi connectivity index (χ0v) is 13.3. The molecule has 0 aromatic heterocycles. The third-order valence-corrected chi connectivity index (χ3v) is 6.67. The highest BCUT2D eigenvalue weighted by atomic mass is 16.5. The van der Waals surface area contributed by atoms with Crippen LogP contribution < -0.4 is 0 Å². The Balaban J connectivity index is 1.45. The number of carbonyl (C=O) groups excluding carboxylic acids is 1. The lowest BCUT2D eigenvalue weighted by Gasteiger charge is -2.58. The number of likely N-dealkylation sites (tertiary alicyclic amines) is 1. The molecule has 1 atom stereocenters. The summed E-state index contributed by atoms with van der Waals surface area (Å²) in [5.41, 5.74) is 0. The molecular formula is C18H29NO2. The molecule has 118 valence electrons. The molecule has 0 amide bonds. The van der Waals surface area contributed by atoms with Crippen LogP contribution in [0.4, 0.5) is 0 Å². The number of piperidine rings is 1. The Hall–Kier alpha value is -0.570. The first-order valence-corrected chi connectivity index (χ1v) is 9.15. The van der Waals surface area contributed by atoms with E-state index in [9.17, 15) is 4.79 Å². The molecule has 4 aliphatic carbocycles. The molecular weight excluding hydrogens is 262 g/mol. The van der Waals surface area contributed by atoms with Crippen molar-refractivity contribution in [2.45, 2.75) is 57.9 Å². The average molecular weight is 291 g/mol. The number of esters is 1. The Morgan fingerprint density at radius 3 is 2.38 bits per heavy atom. The molecule has 5 fully saturated rings. The molecule has 0 spiro atoms. The molecule has 3 heteroatoms. The summed E-state index contributed by atoms with van der Waals surface area (Å²) < 4.78 is 5.27. The van der Waals surface area contributed by atoms with Crippen LogP contribution in [0.3, 0.4) is 0 Å². The van der Waals surface area contributed by atoms with E-state index in [4.69, 9.17) is 4.74 Å². The molecule has 0 unspecified atom stereocenters. The fourth-order valence-corrected chi connectivity index (χ4v) is 6.22. The Labute approximate surface area is 128 Å². The minimum atomic E-state index is 0.0472. The number of hydrogen-bond acceptors (Lipinski definition) is 3. The highest BCUT2D eigenvalue weighted by Crippen LogP contribution is 2.55. The molecule has 1 saturated heterocycles. The lowest BCUT2D eigenvalue weighted by molar-refractivity contribution is -0.152. The Bertz CT molecular complexity index is 380. The van der Waals surface area contributed by atoms with Gasteiger partial charge in [0, 0.05) is 12.6 Å². The first kappa shape index (κ1) is 14.0. The van der Waals surface area contributed by atoms with Crippen molar-refractivity contribution in [2.24, 2.45) is 29.6 Å². The van der Waals surface area contributed by atoms with Crippen molar-refractivity contribution in [2.75, 3.05) is 19.7 Å². The smallest absolute Gasteiger partial charge is 0.310 e. The minimum Gasteiger partial charge on any atom is -0.466 e. The predicted molar refractivity (Wildman–Crippen MR) is 81.8 cm³/mol. The monoisotopic (exact) mass is 291 g/mol. The highest BCUT2D eigenvalue weighted by molar-refractivity contribution is 5.72. The molecule has 4 saturated carbocycles. The molecule has 0 N–H and O–H groups in total. The third kappa shape index (κ3) is 2.52. The van der Waals surface area contributed by atoms with E-state index in [-0.39, 0.29) is 11.9 Å². The normalized spacial score (nSPS) is 45.8. The van der Waals surface area contributed by atoms with Crippen LogP contribution in [-0.2, 0) is 9.53 Å². The highest BCUT2D eigenvalue weighted by Gasteiger charge is 2.50. The van der Waals surface area contributed by atoms with E-state index in [0.29, 0.717) is 6.61 Å². The van der Waals surface area contributed by atoms with Crippen LogP contribution in [0.15, 0.2) is 0 Å². The first-order chi connectivity index (χ1) is 10.2. The van der Waals surface area contributed by atoms with Gasteiger partial charge in [-0.05, 0) is 82.1 Å². The van der Waals surface area contributed by atoms with Crippen molar-refractivity contribution in [3.05, 3.63) is 0 Å². The van der Waals surface area contributed by atoms with Crippen molar-refractivity contribution >= 4 is 5.97 Å². The van der Waals surface area contributed by atoms with Crippen molar-refractivity contribution in [1.82, 2.24) is 4.90 Å². The summed E-state index contributed by atoms with van der Waals surface area (Å²) in [6.45, 7) is 4.61. The fraction of sp³-hybridized carbons (Fsp3) is 0.944. The maximum atomic E-state index is 12.1. The van der Waals surface area contributed by atoms with Gasteiger partial charge in [0.15, 0.2) is 0 Å². The molecule has 5 aliphatic rings. The fourth-order valence-electron chi connectivity index (χ4n) is 6.22. The van der Waals surface area contributed by atoms with Gasteiger partial charge in [0.1, 0.15) is 0 Å². The van der Waals surface area contributed by atoms with Gasteiger partial charge >= 0.3 is 5.97 Å². The number of hydrogen-bond donors (Lipinski definition) is 0. The van der Waals surface area contributed by atoms with Crippen molar-refractivity contribution in [3.63, 3.8) is 0 Å². The van der Waals surface area contributed by atoms with E-state index in [1.165, 1.54) is 45.1 Å². The standard InChI is InChI=1S/C18H29NO2/c1-2-21-18(20)14-4-3-5-19(11-14)17-15-7-12-6-13(9-15)10-16(17)8-12/h12-17H,2-11H2,1H3/t12?,13?,14-,15?,16?,17?/m1/s1. The number of rotatable bonds is 3. The van der Waals surface area contributed by atoms with E-state index in [1.807, 2.05) is 6.92 Å². The molecule has 1 aliphatic heterocycles. The van der Waals surface area contributed by atoms with Gasteiger partial charge in [-0.25, -0.2) is 0 Å². The van der Waals surface area contributed by atoms with Gasteiger partial charge < -0.3 is 4.74 Å². The van der Waals surface area contributed by atoms with Gasteiger partial charge in [-0.2, -0.15) is 0 Å². The van der Waals surface area contributed by atoms with Gasteiger partial charge in [0.05, 0.1) is 12.5 Å². The van der Waals surface area contributed by atoms with Gasteiger partial charge in [0.25, 0.3) is 0 Å². The molecule has 21 heavy (non-hydrogen) atoms. The van der Waals surface area contributed by atoms with E-state index >= 15 is 0 Å². The van der Waals surface area contributed by atoms with Crippen molar-refractivity contribution in [1.29, 1.82) is 0 Å². The maximum absolute atomic E-state index is 12.1.